The first-order valence-corrected chi connectivity index (χ1v) is 9.66. The van der Waals surface area contributed by atoms with E-state index in [0.717, 1.165) is 11.1 Å². The van der Waals surface area contributed by atoms with Crippen LogP contribution in [0.5, 0.6) is 0 Å². The lowest BCUT2D eigenvalue weighted by atomic mass is 9.93. The summed E-state index contributed by atoms with van der Waals surface area (Å²) in [5.74, 6) is 0. The van der Waals surface area contributed by atoms with Crippen LogP contribution in [0, 0.1) is 6.92 Å². The fraction of sp³-hybridized carbons (Fsp3) is 0.360. The van der Waals surface area contributed by atoms with Crippen molar-refractivity contribution in [3.8, 4) is 0 Å². The monoisotopic (exact) mass is 340 g/mol. The van der Waals surface area contributed by atoms with Crippen LogP contribution >= 0.6 is 0 Å². The van der Waals surface area contributed by atoms with Gasteiger partial charge in [-0.05, 0) is 39.9 Å². The van der Waals surface area contributed by atoms with Crippen LogP contribution in [-0.4, -0.2) is 0 Å². The Kier molecular flexibility index (Phi) is 20.3. The van der Waals surface area contributed by atoms with Crippen LogP contribution in [0.1, 0.15) is 77.6 Å². The molecule has 140 valence electrons. The Bertz CT molecular complexity index is 615. The summed E-state index contributed by atoms with van der Waals surface area (Å²) in [6, 6.07) is 8.46. The highest BCUT2D eigenvalue weighted by atomic mass is 14.1. The number of fused-ring (bicyclic) bond motifs is 1. The van der Waals surface area contributed by atoms with E-state index in [1.54, 1.807) is 0 Å². The van der Waals surface area contributed by atoms with Crippen molar-refractivity contribution < 1.29 is 0 Å². The molecule has 0 saturated heterocycles. The standard InChI is InChI=1S/C17H16.4C2H6/c1-5-13-8-11-17-15(7-3)14(6-2)9-10-16(17)12(13)4;4*1-2/h5-11H,1-3H2,4H3;4*1-2H3. The molecule has 0 amide bonds. The van der Waals surface area contributed by atoms with Gasteiger partial charge in [0.1, 0.15) is 0 Å². The van der Waals surface area contributed by atoms with E-state index in [0.29, 0.717) is 0 Å². The molecule has 0 N–H and O–H groups in total. The molecule has 0 nitrogen and oxygen atoms in total. The lowest BCUT2D eigenvalue weighted by molar-refractivity contribution is 1.49. The van der Waals surface area contributed by atoms with E-state index in [9.17, 15) is 0 Å². The summed E-state index contributed by atoms with van der Waals surface area (Å²) < 4.78 is 0. The normalized spacial score (nSPS) is 7.88. The average Bonchev–Trinajstić information content (AvgIpc) is 2.73. The van der Waals surface area contributed by atoms with Crippen molar-refractivity contribution in [1.82, 2.24) is 0 Å². The Hall–Kier alpha value is -2.08. The Balaban J connectivity index is -0.000000533. The van der Waals surface area contributed by atoms with E-state index in [2.05, 4.69) is 50.9 Å². The summed E-state index contributed by atoms with van der Waals surface area (Å²) in [5.41, 5.74) is 4.71. The molecular weight excluding hydrogens is 300 g/mol. The molecule has 2 aromatic rings. The minimum atomic E-state index is 1.12. The fourth-order valence-corrected chi connectivity index (χ4v) is 2.24. The second-order valence-corrected chi connectivity index (χ2v) is 4.06. The fourth-order valence-electron chi connectivity index (χ4n) is 2.24. The maximum Gasteiger partial charge on any atom is -0.0103 e. The third-order valence-electron chi connectivity index (χ3n) is 3.23. The van der Waals surface area contributed by atoms with Crippen molar-refractivity contribution in [3.05, 3.63) is 66.3 Å². The zero-order valence-electron chi connectivity index (χ0n) is 18.2. The van der Waals surface area contributed by atoms with Crippen molar-refractivity contribution >= 4 is 29.0 Å². The van der Waals surface area contributed by atoms with Gasteiger partial charge in [0.15, 0.2) is 0 Å². The highest BCUT2D eigenvalue weighted by molar-refractivity contribution is 5.97. The lowest BCUT2D eigenvalue weighted by Crippen LogP contribution is -1.89. The molecule has 0 aliphatic carbocycles. The topological polar surface area (TPSA) is 0 Å². The predicted octanol–water partition coefficient (Wildman–Crippen LogP) is 9.18. The molecule has 0 unspecified atom stereocenters. The van der Waals surface area contributed by atoms with Crippen LogP contribution < -0.4 is 0 Å². The van der Waals surface area contributed by atoms with E-state index in [4.69, 9.17) is 0 Å². The summed E-state index contributed by atoms with van der Waals surface area (Å²) in [4.78, 5) is 0. The highest BCUT2D eigenvalue weighted by Gasteiger charge is 2.06. The molecule has 0 heteroatoms. The maximum atomic E-state index is 3.89. The van der Waals surface area contributed by atoms with Crippen molar-refractivity contribution in [1.29, 1.82) is 0 Å². The summed E-state index contributed by atoms with van der Waals surface area (Å²) in [5, 5.41) is 2.48. The van der Waals surface area contributed by atoms with Gasteiger partial charge in [-0.25, -0.2) is 0 Å². The van der Waals surface area contributed by atoms with E-state index >= 15 is 0 Å². The van der Waals surface area contributed by atoms with Gasteiger partial charge in [0.2, 0.25) is 0 Å². The van der Waals surface area contributed by atoms with Crippen molar-refractivity contribution in [3.63, 3.8) is 0 Å². The molecule has 0 aliphatic heterocycles. The van der Waals surface area contributed by atoms with Crippen LogP contribution in [0.15, 0.2) is 44.0 Å². The molecule has 0 spiro atoms. The Labute approximate surface area is 158 Å². The van der Waals surface area contributed by atoms with Gasteiger partial charge in [-0.2, -0.15) is 0 Å². The third-order valence-corrected chi connectivity index (χ3v) is 3.23. The second-order valence-electron chi connectivity index (χ2n) is 4.06. The van der Waals surface area contributed by atoms with Gasteiger partial charge in [-0.3, -0.25) is 0 Å². The highest BCUT2D eigenvalue weighted by Crippen LogP contribution is 2.29. The smallest absolute Gasteiger partial charge is 0.0103 e. The van der Waals surface area contributed by atoms with Crippen molar-refractivity contribution in [2.75, 3.05) is 0 Å². The molecule has 2 aromatic carbocycles. The summed E-state index contributed by atoms with van der Waals surface area (Å²) in [6.07, 6.45) is 5.66. The van der Waals surface area contributed by atoms with E-state index in [-0.39, 0.29) is 0 Å². The van der Waals surface area contributed by atoms with Gasteiger partial charge in [0, 0.05) is 0 Å². The van der Waals surface area contributed by atoms with Gasteiger partial charge in [-0.1, -0.05) is 118 Å². The number of hydrogen-bond donors (Lipinski definition) is 0. The van der Waals surface area contributed by atoms with Gasteiger partial charge >= 0.3 is 0 Å². The molecule has 0 fully saturated rings. The SMILES string of the molecule is C=Cc1ccc2c(C=C)c(C=C)ccc2c1C.CC.CC.CC.CC. The molecule has 2 rings (SSSR count). The Morgan fingerprint density at radius 3 is 1.36 bits per heavy atom. The number of hydrogen-bond acceptors (Lipinski definition) is 0. The minimum absolute atomic E-state index is 1.12. The molecule has 0 saturated carbocycles. The molecule has 0 radical (unpaired) electrons. The maximum absolute atomic E-state index is 3.89. The predicted molar refractivity (Wildman–Crippen MR) is 124 cm³/mol. The van der Waals surface area contributed by atoms with Crippen LogP contribution in [0.4, 0.5) is 0 Å². The van der Waals surface area contributed by atoms with Gasteiger partial charge < -0.3 is 0 Å². The largest absolute Gasteiger partial charge is 0.0985 e. The second kappa shape index (κ2) is 18.3. The molecule has 0 aromatic heterocycles. The van der Waals surface area contributed by atoms with Crippen LogP contribution in [0.25, 0.3) is 29.0 Å². The van der Waals surface area contributed by atoms with Crippen LogP contribution in [0.2, 0.25) is 0 Å². The molecule has 0 bridgehead atoms. The van der Waals surface area contributed by atoms with Crippen molar-refractivity contribution in [2.45, 2.75) is 62.3 Å². The summed E-state index contributed by atoms with van der Waals surface area (Å²) >= 11 is 0. The van der Waals surface area contributed by atoms with Crippen LogP contribution in [-0.2, 0) is 0 Å². The minimum Gasteiger partial charge on any atom is -0.0985 e. The first-order valence-electron chi connectivity index (χ1n) is 9.66. The summed E-state index contributed by atoms with van der Waals surface area (Å²) in [6.45, 7) is 29.7. The first-order chi connectivity index (χ1) is 12.2. The number of aryl methyl sites for hydroxylation is 1. The van der Waals surface area contributed by atoms with Crippen LogP contribution in [0.3, 0.4) is 0 Å². The summed E-state index contributed by atoms with van der Waals surface area (Å²) in [7, 11) is 0. The molecule has 0 aliphatic rings. The number of rotatable bonds is 3. The lowest BCUT2D eigenvalue weighted by Gasteiger charge is -2.11. The molecule has 25 heavy (non-hydrogen) atoms. The quantitative estimate of drug-likeness (QED) is 0.522. The molecular formula is C25H40. The van der Waals surface area contributed by atoms with Crippen molar-refractivity contribution in [2.24, 2.45) is 0 Å². The van der Waals surface area contributed by atoms with Gasteiger partial charge in [0.05, 0.1) is 0 Å². The molecule has 0 atom stereocenters. The first kappa shape index (κ1) is 27.8. The Morgan fingerprint density at radius 1 is 0.560 bits per heavy atom. The van der Waals surface area contributed by atoms with Gasteiger partial charge in [0.25, 0.3) is 0 Å². The van der Waals surface area contributed by atoms with E-state index in [1.165, 1.54) is 21.9 Å². The zero-order chi connectivity index (χ0) is 20.4. The molecule has 0 heterocycles. The Morgan fingerprint density at radius 2 is 0.960 bits per heavy atom. The number of benzene rings is 2. The van der Waals surface area contributed by atoms with E-state index < -0.39 is 0 Å². The van der Waals surface area contributed by atoms with Gasteiger partial charge in [-0.15, -0.1) is 0 Å². The third kappa shape index (κ3) is 7.56. The van der Waals surface area contributed by atoms with E-state index in [1.807, 2.05) is 73.6 Å². The zero-order valence-corrected chi connectivity index (χ0v) is 18.2. The average molecular weight is 341 g/mol.